The third-order valence-corrected chi connectivity index (χ3v) is 4.49. The molecule has 0 bridgehead atoms. The van der Waals surface area contributed by atoms with Crippen LogP contribution in [0.25, 0.3) is 5.52 Å². The van der Waals surface area contributed by atoms with Gasteiger partial charge in [-0.2, -0.15) is 0 Å². The molecule has 1 atom stereocenters. The monoisotopic (exact) mass is 315 g/mol. The molecule has 1 aliphatic carbocycles. The standard InChI is InChI=1S/C17H17N3O.ClH/c1-11-8-16(20-7-3-2-4-15(11)20)17(21)12-5-6-13-14(9-12)19-10-18-13;/h2-4,7-8,10,12H,5-6,9H2,1H3,(H,18,19);1H/t12-;/m1./s1. The van der Waals surface area contributed by atoms with Crippen LogP contribution in [0.4, 0.5) is 0 Å². The second kappa shape index (κ2) is 5.61. The average molecular weight is 316 g/mol. The van der Waals surface area contributed by atoms with Crippen LogP contribution in [0.15, 0.2) is 36.8 Å². The predicted molar refractivity (Wildman–Crippen MR) is 87.8 cm³/mol. The van der Waals surface area contributed by atoms with E-state index in [2.05, 4.69) is 23.0 Å². The van der Waals surface area contributed by atoms with Gasteiger partial charge in [-0.3, -0.25) is 4.79 Å². The fourth-order valence-corrected chi connectivity index (χ4v) is 3.35. The molecule has 0 fully saturated rings. The highest BCUT2D eigenvalue weighted by atomic mass is 35.5. The Labute approximate surface area is 135 Å². The highest BCUT2D eigenvalue weighted by Gasteiger charge is 2.28. The van der Waals surface area contributed by atoms with E-state index in [1.807, 2.05) is 28.8 Å². The molecule has 3 aromatic rings. The molecule has 3 aromatic heterocycles. The molecule has 5 heteroatoms. The first-order valence-electron chi connectivity index (χ1n) is 7.36. The number of carbonyl (C=O) groups excluding carboxylic acids is 1. The number of aryl methyl sites for hydroxylation is 2. The molecule has 1 N–H and O–H groups in total. The van der Waals surface area contributed by atoms with Gasteiger partial charge in [0.05, 0.1) is 17.7 Å². The van der Waals surface area contributed by atoms with Crippen molar-refractivity contribution in [3.05, 3.63) is 59.4 Å². The fraction of sp³-hybridized carbons (Fsp3) is 0.294. The van der Waals surface area contributed by atoms with Gasteiger partial charge in [-0.15, -0.1) is 12.4 Å². The van der Waals surface area contributed by atoms with E-state index in [1.54, 1.807) is 6.33 Å². The van der Waals surface area contributed by atoms with Crippen LogP contribution in [0.3, 0.4) is 0 Å². The van der Waals surface area contributed by atoms with Crippen molar-refractivity contribution >= 4 is 23.7 Å². The Morgan fingerprint density at radius 3 is 3.14 bits per heavy atom. The van der Waals surface area contributed by atoms with Crippen LogP contribution in [0.2, 0.25) is 0 Å². The minimum Gasteiger partial charge on any atom is -0.348 e. The van der Waals surface area contributed by atoms with E-state index >= 15 is 0 Å². The smallest absolute Gasteiger partial charge is 0.183 e. The normalized spacial score (nSPS) is 17.0. The molecule has 0 saturated heterocycles. The quantitative estimate of drug-likeness (QED) is 0.737. The number of hydrogen-bond donors (Lipinski definition) is 1. The summed E-state index contributed by atoms with van der Waals surface area (Å²) < 4.78 is 2.01. The van der Waals surface area contributed by atoms with Crippen molar-refractivity contribution in [1.82, 2.24) is 14.4 Å². The van der Waals surface area contributed by atoms with Crippen LogP contribution < -0.4 is 0 Å². The molecule has 3 heterocycles. The largest absolute Gasteiger partial charge is 0.348 e. The lowest BCUT2D eigenvalue weighted by Gasteiger charge is -2.20. The zero-order valence-corrected chi connectivity index (χ0v) is 13.2. The number of halogens is 1. The number of pyridine rings is 1. The van der Waals surface area contributed by atoms with Gasteiger partial charge in [-0.25, -0.2) is 4.98 Å². The van der Waals surface area contributed by atoms with Crippen LogP contribution in [-0.2, 0) is 12.8 Å². The maximum atomic E-state index is 12.9. The van der Waals surface area contributed by atoms with E-state index in [1.165, 1.54) is 0 Å². The Kier molecular flexibility index (Phi) is 3.79. The Bertz CT molecular complexity index is 833. The number of carbonyl (C=O) groups is 1. The Morgan fingerprint density at radius 1 is 1.41 bits per heavy atom. The van der Waals surface area contributed by atoms with Crippen molar-refractivity contribution < 1.29 is 4.79 Å². The third-order valence-electron chi connectivity index (χ3n) is 4.49. The summed E-state index contributed by atoms with van der Waals surface area (Å²) in [5.41, 5.74) is 5.30. The van der Waals surface area contributed by atoms with Gasteiger partial charge in [-0.05, 0) is 49.9 Å². The molecule has 0 amide bonds. The first-order chi connectivity index (χ1) is 10.2. The van der Waals surface area contributed by atoms with E-state index < -0.39 is 0 Å². The van der Waals surface area contributed by atoms with Crippen molar-refractivity contribution in [3.63, 3.8) is 0 Å². The zero-order chi connectivity index (χ0) is 14.4. The molecule has 0 unspecified atom stereocenters. The zero-order valence-electron chi connectivity index (χ0n) is 12.4. The van der Waals surface area contributed by atoms with Gasteiger partial charge in [0, 0.05) is 23.3 Å². The SMILES string of the molecule is Cc1cc(C(=O)[C@@H]2CCc3nc[nH]c3C2)n2ccccc12.Cl. The van der Waals surface area contributed by atoms with Crippen molar-refractivity contribution in [2.75, 3.05) is 0 Å². The second-order valence-electron chi connectivity index (χ2n) is 5.80. The molecule has 0 saturated carbocycles. The number of ketones is 1. The van der Waals surface area contributed by atoms with E-state index in [0.29, 0.717) is 0 Å². The van der Waals surface area contributed by atoms with Gasteiger partial charge >= 0.3 is 0 Å². The number of aromatic nitrogens is 3. The van der Waals surface area contributed by atoms with Gasteiger partial charge in [-0.1, -0.05) is 6.07 Å². The molecule has 22 heavy (non-hydrogen) atoms. The van der Waals surface area contributed by atoms with E-state index in [4.69, 9.17) is 0 Å². The molecule has 0 aromatic carbocycles. The van der Waals surface area contributed by atoms with Crippen molar-refractivity contribution in [1.29, 1.82) is 0 Å². The van der Waals surface area contributed by atoms with Crippen LogP contribution in [-0.4, -0.2) is 20.2 Å². The summed E-state index contributed by atoms with van der Waals surface area (Å²) in [6.07, 6.45) is 6.25. The molecule has 0 aliphatic heterocycles. The minimum atomic E-state index is 0. The molecule has 0 spiro atoms. The van der Waals surface area contributed by atoms with Crippen LogP contribution >= 0.6 is 12.4 Å². The summed E-state index contributed by atoms with van der Waals surface area (Å²) in [6, 6.07) is 8.05. The van der Waals surface area contributed by atoms with Gasteiger partial charge in [0.25, 0.3) is 0 Å². The minimum absolute atomic E-state index is 0. The maximum absolute atomic E-state index is 12.9. The summed E-state index contributed by atoms with van der Waals surface area (Å²) >= 11 is 0. The molecule has 114 valence electrons. The summed E-state index contributed by atoms with van der Waals surface area (Å²) in [7, 11) is 0. The van der Waals surface area contributed by atoms with E-state index in [9.17, 15) is 4.79 Å². The molecule has 4 nitrogen and oxygen atoms in total. The van der Waals surface area contributed by atoms with E-state index in [-0.39, 0.29) is 24.1 Å². The lowest BCUT2D eigenvalue weighted by atomic mass is 9.85. The number of H-pyrrole nitrogens is 1. The summed E-state index contributed by atoms with van der Waals surface area (Å²) in [4.78, 5) is 20.4. The van der Waals surface area contributed by atoms with Crippen molar-refractivity contribution in [3.8, 4) is 0 Å². The number of Topliss-reactive ketones (excluding diaryl/α,β-unsaturated/α-hetero) is 1. The lowest BCUT2D eigenvalue weighted by molar-refractivity contribution is 0.0901. The number of hydrogen-bond acceptors (Lipinski definition) is 2. The summed E-state index contributed by atoms with van der Waals surface area (Å²) in [6.45, 7) is 2.06. The van der Waals surface area contributed by atoms with E-state index in [0.717, 1.165) is 47.4 Å². The first kappa shape index (κ1) is 14.9. The number of nitrogens with zero attached hydrogens (tertiary/aromatic N) is 2. The van der Waals surface area contributed by atoms with Crippen LogP contribution in [0.5, 0.6) is 0 Å². The fourth-order valence-electron chi connectivity index (χ4n) is 3.35. The third kappa shape index (κ3) is 2.24. The van der Waals surface area contributed by atoms with Crippen molar-refractivity contribution in [2.45, 2.75) is 26.2 Å². The van der Waals surface area contributed by atoms with Gasteiger partial charge in [0.1, 0.15) is 0 Å². The van der Waals surface area contributed by atoms with Gasteiger partial charge in [0.15, 0.2) is 5.78 Å². The highest BCUT2D eigenvalue weighted by molar-refractivity contribution is 5.98. The maximum Gasteiger partial charge on any atom is 0.183 e. The highest BCUT2D eigenvalue weighted by Crippen LogP contribution is 2.27. The lowest BCUT2D eigenvalue weighted by Crippen LogP contribution is -2.23. The van der Waals surface area contributed by atoms with Gasteiger partial charge in [0.2, 0.25) is 0 Å². The van der Waals surface area contributed by atoms with Crippen molar-refractivity contribution in [2.24, 2.45) is 5.92 Å². The van der Waals surface area contributed by atoms with Crippen LogP contribution in [0, 0.1) is 12.8 Å². The Morgan fingerprint density at radius 2 is 2.27 bits per heavy atom. The average Bonchev–Trinajstić information content (AvgIpc) is 3.11. The molecule has 0 radical (unpaired) electrons. The number of aromatic amines is 1. The molecular weight excluding hydrogens is 298 g/mol. The number of imidazole rings is 1. The number of rotatable bonds is 2. The predicted octanol–water partition coefficient (Wildman–Crippen LogP) is 3.38. The van der Waals surface area contributed by atoms with Crippen LogP contribution in [0.1, 0.15) is 33.9 Å². The topological polar surface area (TPSA) is 50.2 Å². The number of fused-ring (bicyclic) bond motifs is 2. The molecular formula is C17H18ClN3O. The second-order valence-corrected chi connectivity index (χ2v) is 5.80. The summed E-state index contributed by atoms with van der Waals surface area (Å²) in [5.74, 6) is 0.292. The summed E-state index contributed by atoms with van der Waals surface area (Å²) in [5, 5.41) is 0. The molecule has 1 aliphatic rings. The van der Waals surface area contributed by atoms with Gasteiger partial charge < -0.3 is 9.38 Å². The Hall–Kier alpha value is -2.07. The Balaban J connectivity index is 0.00000144. The first-order valence-corrected chi connectivity index (χ1v) is 7.36. The number of nitrogens with one attached hydrogen (secondary N) is 1. The molecule has 4 rings (SSSR count).